The molecule has 0 atom stereocenters. The Kier molecular flexibility index (Phi) is 3.64. The van der Waals surface area contributed by atoms with E-state index in [0.717, 1.165) is 25.7 Å². The van der Waals surface area contributed by atoms with E-state index in [9.17, 15) is 0 Å². The van der Waals surface area contributed by atoms with Crippen LogP contribution in [-0.2, 0) is 12.8 Å². The SMILES string of the molecule is CCc1cc(CC)n(C2CCC(N)CC2)n1. The number of aryl methyl sites for hydroxylation is 2. The second-order valence-corrected chi connectivity index (χ2v) is 4.85. The lowest BCUT2D eigenvalue weighted by molar-refractivity contribution is 0.298. The highest BCUT2D eigenvalue weighted by molar-refractivity contribution is 5.11. The van der Waals surface area contributed by atoms with Crippen molar-refractivity contribution in [1.29, 1.82) is 0 Å². The standard InChI is InChI=1S/C13H23N3/c1-3-11-9-12(4-2)16(15-11)13-7-5-10(14)6-8-13/h9-10,13H,3-8,14H2,1-2H3. The first kappa shape index (κ1) is 11.6. The maximum atomic E-state index is 5.95. The van der Waals surface area contributed by atoms with Gasteiger partial charge in [-0.05, 0) is 44.6 Å². The van der Waals surface area contributed by atoms with Gasteiger partial charge in [0.1, 0.15) is 0 Å². The van der Waals surface area contributed by atoms with E-state index in [1.807, 2.05) is 0 Å². The second-order valence-electron chi connectivity index (χ2n) is 4.85. The quantitative estimate of drug-likeness (QED) is 0.852. The largest absolute Gasteiger partial charge is 0.328 e. The van der Waals surface area contributed by atoms with Crippen molar-refractivity contribution in [2.75, 3.05) is 0 Å². The van der Waals surface area contributed by atoms with Crippen LogP contribution >= 0.6 is 0 Å². The third-order valence-corrected chi connectivity index (χ3v) is 3.68. The van der Waals surface area contributed by atoms with Crippen LogP contribution in [-0.4, -0.2) is 15.8 Å². The molecule has 1 aromatic heterocycles. The number of hydrogen-bond acceptors (Lipinski definition) is 2. The van der Waals surface area contributed by atoms with Gasteiger partial charge in [-0.3, -0.25) is 4.68 Å². The van der Waals surface area contributed by atoms with Gasteiger partial charge in [0.05, 0.1) is 11.7 Å². The van der Waals surface area contributed by atoms with E-state index in [2.05, 4.69) is 24.6 Å². The molecule has 0 amide bonds. The molecule has 0 bridgehead atoms. The summed E-state index contributed by atoms with van der Waals surface area (Å²) in [5, 5.41) is 4.72. The van der Waals surface area contributed by atoms with Crippen molar-refractivity contribution in [2.24, 2.45) is 5.73 Å². The zero-order valence-corrected chi connectivity index (χ0v) is 10.4. The minimum Gasteiger partial charge on any atom is -0.328 e. The summed E-state index contributed by atoms with van der Waals surface area (Å²) in [5.74, 6) is 0. The molecule has 1 saturated carbocycles. The lowest BCUT2D eigenvalue weighted by Gasteiger charge is -2.27. The molecule has 0 spiro atoms. The minimum absolute atomic E-state index is 0.419. The lowest BCUT2D eigenvalue weighted by Crippen LogP contribution is -2.28. The van der Waals surface area contributed by atoms with E-state index in [1.54, 1.807) is 0 Å². The number of hydrogen-bond donors (Lipinski definition) is 1. The Hall–Kier alpha value is -0.830. The Morgan fingerprint density at radius 3 is 2.50 bits per heavy atom. The van der Waals surface area contributed by atoms with Crippen molar-refractivity contribution in [3.8, 4) is 0 Å². The molecule has 3 nitrogen and oxygen atoms in total. The fraction of sp³-hybridized carbons (Fsp3) is 0.769. The van der Waals surface area contributed by atoms with E-state index in [0.29, 0.717) is 12.1 Å². The van der Waals surface area contributed by atoms with Crippen LogP contribution in [0.15, 0.2) is 6.07 Å². The predicted molar refractivity (Wildman–Crippen MR) is 66.5 cm³/mol. The molecule has 0 aromatic carbocycles. The van der Waals surface area contributed by atoms with Crippen LogP contribution in [0.1, 0.15) is 57.0 Å². The Balaban J connectivity index is 2.15. The molecule has 1 aliphatic rings. The van der Waals surface area contributed by atoms with E-state index < -0.39 is 0 Å². The maximum Gasteiger partial charge on any atom is 0.0624 e. The molecule has 3 heteroatoms. The highest BCUT2D eigenvalue weighted by Gasteiger charge is 2.22. The summed E-state index contributed by atoms with van der Waals surface area (Å²) in [7, 11) is 0. The van der Waals surface area contributed by atoms with Gasteiger partial charge in [0, 0.05) is 11.7 Å². The molecule has 0 radical (unpaired) electrons. The summed E-state index contributed by atoms with van der Waals surface area (Å²) in [6, 6.07) is 3.27. The summed E-state index contributed by atoms with van der Waals surface area (Å²) >= 11 is 0. The number of nitrogens with two attached hydrogens (primary N) is 1. The van der Waals surface area contributed by atoms with Gasteiger partial charge in [0.25, 0.3) is 0 Å². The molecule has 0 unspecified atom stereocenters. The van der Waals surface area contributed by atoms with Crippen LogP contribution < -0.4 is 5.73 Å². The van der Waals surface area contributed by atoms with Crippen molar-refractivity contribution >= 4 is 0 Å². The molecule has 2 rings (SSSR count). The second kappa shape index (κ2) is 5.00. The lowest BCUT2D eigenvalue weighted by atomic mass is 9.92. The maximum absolute atomic E-state index is 5.95. The minimum atomic E-state index is 0.419. The van der Waals surface area contributed by atoms with Gasteiger partial charge in [-0.2, -0.15) is 5.10 Å². The Labute approximate surface area is 98.0 Å². The topological polar surface area (TPSA) is 43.8 Å². The fourth-order valence-corrected chi connectivity index (χ4v) is 2.59. The first-order valence-electron chi connectivity index (χ1n) is 6.57. The smallest absolute Gasteiger partial charge is 0.0624 e. The molecule has 0 aliphatic heterocycles. The van der Waals surface area contributed by atoms with Crippen molar-refractivity contribution in [2.45, 2.75) is 64.5 Å². The molecule has 0 saturated heterocycles. The molecule has 2 N–H and O–H groups in total. The van der Waals surface area contributed by atoms with Crippen LogP contribution in [0.3, 0.4) is 0 Å². The van der Waals surface area contributed by atoms with Crippen molar-refractivity contribution < 1.29 is 0 Å². The zero-order valence-electron chi connectivity index (χ0n) is 10.4. The Morgan fingerprint density at radius 1 is 1.25 bits per heavy atom. The Bertz CT molecular complexity index is 335. The van der Waals surface area contributed by atoms with Gasteiger partial charge in [0.2, 0.25) is 0 Å². The van der Waals surface area contributed by atoms with E-state index in [4.69, 9.17) is 10.8 Å². The molecule has 1 aliphatic carbocycles. The van der Waals surface area contributed by atoms with Crippen LogP contribution in [0, 0.1) is 0 Å². The summed E-state index contributed by atoms with van der Waals surface area (Å²) in [4.78, 5) is 0. The van der Waals surface area contributed by atoms with Crippen LogP contribution in [0.5, 0.6) is 0 Å². The van der Waals surface area contributed by atoms with Gasteiger partial charge in [-0.15, -0.1) is 0 Å². The molecular weight excluding hydrogens is 198 g/mol. The highest BCUT2D eigenvalue weighted by atomic mass is 15.3. The molecule has 1 heterocycles. The molecule has 90 valence electrons. The number of nitrogens with zero attached hydrogens (tertiary/aromatic N) is 2. The fourth-order valence-electron chi connectivity index (χ4n) is 2.59. The molecule has 1 fully saturated rings. The third kappa shape index (κ3) is 2.29. The average molecular weight is 221 g/mol. The van der Waals surface area contributed by atoms with Crippen molar-refractivity contribution in [1.82, 2.24) is 9.78 Å². The third-order valence-electron chi connectivity index (χ3n) is 3.68. The van der Waals surface area contributed by atoms with Crippen molar-refractivity contribution in [3.63, 3.8) is 0 Å². The summed E-state index contributed by atoms with van der Waals surface area (Å²) < 4.78 is 2.27. The zero-order chi connectivity index (χ0) is 11.5. The van der Waals surface area contributed by atoms with Gasteiger partial charge in [0.15, 0.2) is 0 Å². The normalized spacial score (nSPS) is 25.9. The van der Waals surface area contributed by atoms with Gasteiger partial charge < -0.3 is 5.73 Å². The number of aromatic nitrogens is 2. The van der Waals surface area contributed by atoms with E-state index in [1.165, 1.54) is 24.2 Å². The van der Waals surface area contributed by atoms with Crippen LogP contribution in [0.4, 0.5) is 0 Å². The molecular formula is C13H23N3. The predicted octanol–water partition coefficient (Wildman–Crippen LogP) is 2.45. The monoisotopic (exact) mass is 221 g/mol. The van der Waals surface area contributed by atoms with Gasteiger partial charge in [-0.25, -0.2) is 0 Å². The van der Waals surface area contributed by atoms with Gasteiger partial charge in [-0.1, -0.05) is 13.8 Å². The van der Waals surface area contributed by atoms with Crippen LogP contribution in [0.2, 0.25) is 0 Å². The van der Waals surface area contributed by atoms with Crippen molar-refractivity contribution in [3.05, 3.63) is 17.5 Å². The van der Waals surface area contributed by atoms with Gasteiger partial charge >= 0.3 is 0 Å². The summed E-state index contributed by atoms with van der Waals surface area (Å²) in [6.45, 7) is 4.38. The number of rotatable bonds is 3. The van der Waals surface area contributed by atoms with E-state index in [-0.39, 0.29) is 0 Å². The highest BCUT2D eigenvalue weighted by Crippen LogP contribution is 2.28. The summed E-state index contributed by atoms with van der Waals surface area (Å²) in [6.07, 6.45) is 6.80. The van der Waals surface area contributed by atoms with E-state index >= 15 is 0 Å². The summed E-state index contributed by atoms with van der Waals surface area (Å²) in [5.41, 5.74) is 8.56. The molecule has 1 aromatic rings. The molecule has 16 heavy (non-hydrogen) atoms. The van der Waals surface area contributed by atoms with Crippen LogP contribution in [0.25, 0.3) is 0 Å². The Morgan fingerprint density at radius 2 is 1.94 bits per heavy atom. The first-order valence-corrected chi connectivity index (χ1v) is 6.57. The first-order chi connectivity index (χ1) is 7.74. The average Bonchev–Trinajstić information content (AvgIpc) is 2.73.